The summed E-state index contributed by atoms with van der Waals surface area (Å²) in [5.41, 5.74) is 1.16. The molecule has 0 saturated heterocycles. The van der Waals surface area contributed by atoms with E-state index in [-0.39, 0.29) is 11.8 Å². The topological polar surface area (TPSA) is 71.1 Å². The second-order valence-electron chi connectivity index (χ2n) is 6.21. The number of carbonyl (C=O) groups excluding carboxylic acids is 2. The fourth-order valence-corrected chi connectivity index (χ4v) is 4.03. The number of benzene rings is 3. The summed E-state index contributed by atoms with van der Waals surface area (Å²) in [6.45, 7) is 0. The van der Waals surface area contributed by atoms with E-state index in [0.717, 1.165) is 10.3 Å². The van der Waals surface area contributed by atoms with E-state index in [4.69, 9.17) is 0 Å². The number of hydrogen-bond acceptors (Lipinski definition) is 5. The van der Waals surface area contributed by atoms with E-state index < -0.39 is 0 Å². The lowest BCUT2D eigenvalue weighted by Crippen LogP contribution is -2.15. The molecule has 1 aromatic heterocycles. The Hall–Kier alpha value is -3.16. The van der Waals surface area contributed by atoms with E-state index in [2.05, 4.69) is 39.9 Å². The molecule has 2 N–H and O–H groups in total. The van der Waals surface area contributed by atoms with E-state index in [1.165, 1.54) is 28.5 Å². The second-order valence-corrected chi connectivity index (χ2v) is 8.16. The van der Waals surface area contributed by atoms with Crippen molar-refractivity contribution in [3.8, 4) is 0 Å². The summed E-state index contributed by atoms with van der Waals surface area (Å²) in [7, 11) is 0. The van der Waals surface area contributed by atoms with Crippen LogP contribution in [0, 0.1) is 0 Å². The molecule has 4 rings (SSSR count). The number of carbonyl (C=O) groups is 2. The zero-order chi connectivity index (χ0) is 20.1. The minimum absolute atomic E-state index is 0.0943. The highest BCUT2D eigenvalue weighted by molar-refractivity contribution is 8.00. The third kappa shape index (κ3) is 5.01. The predicted octanol–water partition coefficient (Wildman–Crippen LogP) is 5.28. The molecule has 0 unspecified atom stereocenters. The summed E-state index contributed by atoms with van der Waals surface area (Å²) in [4.78, 5) is 29.5. The molecule has 2 amide bonds. The normalized spacial score (nSPS) is 10.6. The molecule has 0 fully saturated rings. The lowest BCUT2D eigenvalue weighted by atomic mass is 10.1. The van der Waals surface area contributed by atoms with Gasteiger partial charge in [0.15, 0.2) is 5.13 Å². The maximum atomic E-state index is 12.3. The molecule has 0 spiro atoms. The molecule has 3 aromatic carbocycles. The van der Waals surface area contributed by atoms with Crippen molar-refractivity contribution in [2.24, 2.45) is 0 Å². The molecular formula is C22H17N3O2S2. The van der Waals surface area contributed by atoms with E-state index in [9.17, 15) is 9.59 Å². The summed E-state index contributed by atoms with van der Waals surface area (Å²) in [6.07, 6.45) is 1.63. The van der Waals surface area contributed by atoms with Crippen LogP contribution in [0.25, 0.3) is 10.8 Å². The molecule has 0 aliphatic rings. The average molecular weight is 420 g/mol. The van der Waals surface area contributed by atoms with Gasteiger partial charge in [-0.25, -0.2) is 4.98 Å². The molecule has 0 saturated carbocycles. The maximum absolute atomic E-state index is 12.3. The van der Waals surface area contributed by atoms with E-state index in [1.807, 2.05) is 18.2 Å². The Morgan fingerprint density at radius 3 is 2.48 bits per heavy atom. The number of thiazole rings is 1. The zero-order valence-corrected chi connectivity index (χ0v) is 16.9. The number of thioether (sulfide) groups is 1. The van der Waals surface area contributed by atoms with Gasteiger partial charge in [0.2, 0.25) is 5.91 Å². The first-order valence-electron chi connectivity index (χ1n) is 8.90. The van der Waals surface area contributed by atoms with Gasteiger partial charge in [-0.3, -0.25) is 14.9 Å². The summed E-state index contributed by atoms with van der Waals surface area (Å²) >= 11 is 2.85. The Balaban J connectivity index is 1.31. The summed E-state index contributed by atoms with van der Waals surface area (Å²) in [6, 6.07) is 21.1. The van der Waals surface area contributed by atoms with Crippen molar-refractivity contribution in [1.29, 1.82) is 0 Å². The minimum Gasteiger partial charge on any atom is -0.325 e. The summed E-state index contributed by atoms with van der Waals surface area (Å²) in [5.74, 6) is -0.0159. The predicted molar refractivity (Wildman–Crippen MR) is 120 cm³/mol. The van der Waals surface area contributed by atoms with Gasteiger partial charge in [-0.15, -0.1) is 23.1 Å². The Kier molecular flexibility index (Phi) is 5.88. The Morgan fingerprint density at radius 1 is 0.931 bits per heavy atom. The standard InChI is InChI=1S/C22H17N3O2S2/c26-20(14-29-19-10-7-15-3-1-2-4-17(15)13-19)24-18-8-5-16(6-9-18)21(27)25-22-23-11-12-28-22/h1-13H,14H2,(H,24,26)(H,23,25,27). The van der Waals surface area contributed by atoms with Crippen molar-refractivity contribution >= 4 is 56.5 Å². The smallest absolute Gasteiger partial charge is 0.257 e. The monoisotopic (exact) mass is 419 g/mol. The third-order valence-electron chi connectivity index (χ3n) is 4.17. The van der Waals surface area contributed by atoms with E-state index in [1.54, 1.807) is 35.8 Å². The van der Waals surface area contributed by atoms with Gasteiger partial charge in [0.05, 0.1) is 5.75 Å². The largest absolute Gasteiger partial charge is 0.325 e. The first kappa shape index (κ1) is 19.2. The maximum Gasteiger partial charge on any atom is 0.257 e. The van der Waals surface area contributed by atoms with Gasteiger partial charge in [-0.05, 0) is 47.2 Å². The Morgan fingerprint density at radius 2 is 1.72 bits per heavy atom. The number of hydrogen-bond donors (Lipinski definition) is 2. The molecule has 1 heterocycles. The van der Waals surface area contributed by atoms with Gasteiger partial charge in [-0.2, -0.15) is 0 Å². The van der Waals surface area contributed by atoms with Crippen molar-refractivity contribution in [2.45, 2.75) is 4.90 Å². The Bertz CT molecular complexity index is 1140. The Labute approximate surface area is 176 Å². The van der Waals surface area contributed by atoms with Crippen LogP contribution in [0.1, 0.15) is 10.4 Å². The highest BCUT2D eigenvalue weighted by Gasteiger charge is 2.09. The number of anilines is 2. The van der Waals surface area contributed by atoms with Crippen molar-refractivity contribution in [3.63, 3.8) is 0 Å². The number of amides is 2. The number of aromatic nitrogens is 1. The number of nitrogens with one attached hydrogen (secondary N) is 2. The number of rotatable bonds is 6. The third-order valence-corrected chi connectivity index (χ3v) is 5.86. The molecule has 7 heteroatoms. The fourth-order valence-electron chi connectivity index (χ4n) is 2.76. The SMILES string of the molecule is O=C(CSc1ccc2ccccc2c1)Nc1ccc(C(=O)Nc2nccs2)cc1. The highest BCUT2D eigenvalue weighted by Crippen LogP contribution is 2.24. The quantitative estimate of drug-likeness (QED) is 0.417. The van der Waals surface area contributed by atoms with Crippen molar-refractivity contribution in [1.82, 2.24) is 4.98 Å². The van der Waals surface area contributed by atoms with Gasteiger partial charge in [0.1, 0.15) is 0 Å². The van der Waals surface area contributed by atoms with E-state index >= 15 is 0 Å². The zero-order valence-electron chi connectivity index (χ0n) is 15.3. The molecule has 0 bridgehead atoms. The van der Waals surface area contributed by atoms with Gasteiger partial charge in [0.25, 0.3) is 5.91 Å². The molecular weight excluding hydrogens is 402 g/mol. The van der Waals surface area contributed by atoms with Crippen LogP contribution >= 0.6 is 23.1 Å². The highest BCUT2D eigenvalue weighted by atomic mass is 32.2. The van der Waals surface area contributed by atoms with Crippen LogP contribution in [-0.4, -0.2) is 22.6 Å². The van der Waals surface area contributed by atoms with Crippen LogP contribution in [0.2, 0.25) is 0 Å². The summed E-state index contributed by atoms with van der Waals surface area (Å²) < 4.78 is 0. The van der Waals surface area contributed by atoms with Gasteiger partial charge >= 0.3 is 0 Å². The molecule has 0 aliphatic carbocycles. The molecule has 4 aromatic rings. The molecule has 29 heavy (non-hydrogen) atoms. The fraction of sp³-hybridized carbons (Fsp3) is 0.0455. The molecule has 0 radical (unpaired) electrons. The van der Waals surface area contributed by atoms with Crippen LogP contribution < -0.4 is 10.6 Å². The first-order valence-corrected chi connectivity index (χ1v) is 10.8. The average Bonchev–Trinajstić information content (AvgIpc) is 3.25. The molecule has 5 nitrogen and oxygen atoms in total. The van der Waals surface area contributed by atoms with Gasteiger partial charge in [-0.1, -0.05) is 30.3 Å². The second kappa shape index (κ2) is 8.89. The van der Waals surface area contributed by atoms with Crippen molar-refractivity contribution in [3.05, 3.63) is 83.9 Å². The molecule has 0 aliphatic heterocycles. The van der Waals surface area contributed by atoms with Crippen molar-refractivity contribution < 1.29 is 9.59 Å². The van der Waals surface area contributed by atoms with Crippen LogP contribution in [0.4, 0.5) is 10.8 Å². The van der Waals surface area contributed by atoms with E-state index in [0.29, 0.717) is 22.1 Å². The lowest BCUT2D eigenvalue weighted by molar-refractivity contribution is -0.113. The summed E-state index contributed by atoms with van der Waals surface area (Å²) in [5, 5.41) is 10.3. The van der Waals surface area contributed by atoms with Crippen LogP contribution in [-0.2, 0) is 4.79 Å². The van der Waals surface area contributed by atoms with Gasteiger partial charge < -0.3 is 5.32 Å². The minimum atomic E-state index is -0.232. The molecule has 144 valence electrons. The first-order chi connectivity index (χ1) is 14.2. The van der Waals surface area contributed by atoms with Crippen LogP contribution in [0.15, 0.2) is 83.2 Å². The van der Waals surface area contributed by atoms with Crippen LogP contribution in [0.3, 0.4) is 0 Å². The molecule has 0 atom stereocenters. The number of nitrogens with zero attached hydrogens (tertiary/aromatic N) is 1. The number of fused-ring (bicyclic) bond motifs is 1. The lowest BCUT2D eigenvalue weighted by Gasteiger charge is -2.07. The van der Waals surface area contributed by atoms with Crippen LogP contribution in [0.5, 0.6) is 0 Å². The van der Waals surface area contributed by atoms with Crippen molar-refractivity contribution in [2.75, 3.05) is 16.4 Å². The van der Waals surface area contributed by atoms with Gasteiger partial charge in [0, 0.05) is 27.7 Å².